The summed E-state index contributed by atoms with van der Waals surface area (Å²) in [5, 5.41) is 5.60. The zero-order chi connectivity index (χ0) is 16.5. The maximum atomic E-state index is 11.9. The molecule has 2 aromatic rings. The molecular formula is C18H22N2O3. The molecule has 5 nitrogen and oxygen atoms in total. The minimum Gasteiger partial charge on any atom is -0.494 e. The first-order valence-electron chi connectivity index (χ1n) is 7.70. The van der Waals surface area contributed by atoms with Crippen LogP contribution in [0.2, 0.25) is 0 Å². The first kappa shape index (κ1) is 16.7. The van der Waals surface area contributed by atoms with E-state index >= 15 is 0 Å². The maximum absolute atomic E-state index is 11.9. The van der Waals surface area contributed by atoms with Gasteiger partial charge in [0.25, 0.3) is 0 Å². The zero-order valence-corrected chi connectivity index (χ0v) is 13.5. The normalized spacial score (nSPS) is 10.0. The Balaban J connectivity index is 1.80. The van der Waals surface area contributed by atoms with Crippen molar-refractivity contribution >= 4 is 11.7 Å². The molecule has 0 aliphatic carbocycles. The van der Waals surface area contributed by atoms with Crippen LogP contribution in [0, 0.1) is 0 Å². The molecule has 0 saturated carbocycles. The van der Waals surface area contributed by atoms with Crippen LogP contribution >= 0.6 is 0 Å². The summed E-state index contributed by atoms with van der Waals surface area (Å²) in [6, 6.07) is 14.7. The van der Waals surface area contributed by atoms with Crippen molar-refractivity contribution in [1.82, 2.24) is 5.32 Å². The molecular weight excluding hydrogens is 292 g/mol. The van der Waals surface area contributed by atoms with Crippen LogP contribution in [-0.4, -0.2) is 19.2 Å². The van der Waals surface area contributed by atoms with Gasteiger partial charge in [-0.2, -0.15) is 0 Å². The predicted octanol–water partition coefficient (Wildman–Crippen LogP) is 3.81. The van der Waals surface area contributed by atoms with E-state index in [2.05, 4.69) is 10.6 Å². The van der Waals surface area contributed by atoms with E-state index in [-0.39, 0.29) is 6.03 Å². The molecule has 2 amide bonds. The molecule has 0 atom stereocenters. The summed E-state index contributed by atoms with van der Waals surface area (Å²) in [6.07, 6.45) is 0. The number of hydrogen-bond acceptors (Lipinski definition) is 3. The smallest absolute Gasteiger partial charge is 0.319 e. The highest BCUT2D eigenvalue weighted by Crippen LogP contribution is 2.15. The number of amides is 2. The fourth-order valence-corrected chi connectivity index (χ4v) is 2.03. The lowest BCUT2D eigenvalue weighted by Crippen LogP contribution is -2.28. The van der Waals surface area contributed by atoms with Gasteiger partial charge in [0.2, 0.25) is 0 Å². The van der Waals surface area contributed by atoms with E-state index in [1.165, 1.54) is 0 Å². The molecule has 0 heterocycles. The second-order valence-corrected chi connectivity index (χ2v) is 4.84. The quantitative estimate of drug-likeness (QED) is 0.817. The fourth-order valence-electron chi connectivity index (χ4n) is 2.03. The van der Waals surface area contributed by atoms with E-state index < -0.39 is 0 Å². The largest absolute Gasteiger partial charge is 0.494 e. The molecule has 0 aliphatic rings. The van der Waals surface area contributed by atoms with E-state index in [9.17, 15) is 4.79 Å². The number of ether oxygens (including phenoxy) is 2. The van der Waals surface area contributed by atoms with Crippen molar-refractivity contribution in [1.29, 1.82) is 0 Å². The summed E-state index contributed by atoms with van der Waals surface area (Å²) in [5.74, 6) is 1.61. The second-order valence-electron chi connectivity index (χ2n) is 4.84. The molecule has 0 aromatic heterocycles. The average molecular weight is 314 g/mol. The number of carbonyl (C=O) groups excluding carboxylic acids is 1. The van der Waals surface area contributed by atoms with Gasteiger partial charge in [0, 0.05) is 12.2 Å². The number of benzene rings is 2. The van der Waals surface area contributed by atoms with E-state index in [4.69, 9.17) is 9.47 Å². The molecule has 0 spiro atoms. The van der Waals surface area contributed by atoms with Crippen molar-refractivity contribution in [2.75, 3.05) is 18.5 Å². The van der Waals surface area contributed by atoms with Gasteiger partial charge in [-0.05, 0) is 55.8 Å². The SMILES string of the molecule is CCOc1ccc(CNC(=O)Nc2ccc(OCC)cc2)cc1. The van der Waals surface area contributed by atoms with Gasteiger partial charge in [-0.1, -0.05) is 12.1 Å². The van der Waals surface area contributed by atoms with E-state index in [1.54, 1.807) is 12.1 Å². The van der Waals surface area contributed by atoms with Crippen molar-refractivity contribution in [3.8, 4) is 11.5 Å². The first-order valence-corrected chi connectivity index (χ1v) is 7.70. The van der Waals surface area contributed by atoms with E-state index in [0.717, 1.165) is 22.7 Å². The molecule has 0 radical (unpaired) electrons. The van der Waals surface area contributed by atoms with Gasteiger partial charge in [-0.15, -0.1) is 0 Å². The average Bonchev–Trinajstić information content (AvgIpc) is 2.57. The van der Waals surface area contributed by atoms with Gasteiger partial charge in [0.15, 0.2) is 0 Å². The zero-order valence-electron chi connectivity index (χ0n) is 13.5. The third-order valence-electron chi connectivity index (χ3n) is 3.11. The number of urea groups is 1. The third-order valence-corrected chi connectivity index (χ3v) is 3.11. The predicted molar refractivity (Wildman–Crippen MR) is 91.1 cm³/mol. The van der Waals surface area contributed by atoms with Crippen LogP contribution in [0.15, 0.2) is 48.5 Å². The Labute approximate surface area is 136 Å². The number of rotatable bonds is 7. The highest BCUT2D eigenvalue weighted by molar-refractivity contribution is 5.89. The molecule has 122 valence electrons. The molecule has 0 bridgehead atoms. The lowest BCUT2D eigenvalue weighted by molar-refractivity contribution is 0.251. The van der Waals surface area contributed by atoms with E-state index in [0.29, 0.717) is 19.8 Å². The van der Waals surface area contributed by atoms with Crippen LogP contribution in [-0.2, 0) is 6.54 Å². The van der Waals surface area contributed by atoms with Gasteiger partial charge in [0.1, 0.15) is 11.5 Å². The summed E-state index contributed by atoms with van der Waals surface area (Å²) in [7, 11) is 0. The van der Waals surface area contributed by atoms with Crippen molar-refractivity contribution in [2.24, 2.45) is 0 Å². The van der Waals surface area contributed by atoms with Crippen molar-refractivity contribution in [3.63, 3.8) is 0 Å². The standard InChI is InChI=1S/C18H22N2O3/c1-3-22-16-9-5-14(6-10-16)13-19-18(21)20-15-7-11-17(12-8-15)23-4-2/h5-12H,3-4,13H2,1-2H3,(H2,19,20,21). The highest BCUT2D eigenvalue weighted by Gasteiger charge is 2.02. The summed E-state index contributed by atoms with van der Waals surface area (Å²) in [5.41, 5.74) is 1.73. The minimum absolute atomic E-state index is 0.247. The lowest BCUT2D eigenvalue weighted by Gasteiger charge is -2.09. The summed E-state index contributed by atoms with van der Waals surface area (Å²) in [4.78, 5) is 11.9. The topological polar surface area (TPSA) is 59.6 Å². The van der Waals surface area contributed by atoms with Gasteiger partial charge in [-0.25, -0.2) is 4.79 Å². The number of hydrogen-bond donors (Lipinski definition) is 2. The molecule has 2 aromatic carbocycles. The maximum Gasteiger partial charge on any atom is 0.319 e. The lowest BCUT2D eigenvalue weighted by atomic mass is 10.2. The Morgan fingerprint density at radius 1 is 0.870 bits per heavy atom. The molecule has 0 unspecified atom stereocenters. The fraction of sp³-hybridized carbons (Fsp3) is 0.278. The molecule has 0 saturated heterocycles. The summed E-state index contributed by atoms with van der Waals surface area (Å²) in [6.45, 7) is 5.59. The first-order chi connectivity index (χ1) is 11.2. The van der Waals surface area contributed by atoms with Crippen molar-refractivity contribution in [3.05, 3.63) is 54.1 Å². The highest BCUT2D eigenvalue weighted by atomic mass is 16.5. The minimum atomic E-state index is -0.247. The molecule has 0 fully saturated rings. The van der Waals surface area contributed by atoms with Gasteiger partial charge < -0.3 is 20.1 Å². The van der Waals surface area contributed by atoms with Crippen LogP contribution in [0.5, 0.6) is 11.5 Å². The van der Waals surface area contributed by atoms with Crippen LogP contribution in [0.1, 0.15) is 19.4 Å². The number of anilines is 1. The third kappa shape index (κ3) is 5.54. The Kier molecular flexibility index (Phi) is 6.29. The number of carbonyl (C=O) groups is 1. The van der Waals surface area contributed by atoms with Crippen LogP contribution in [0.25, 0.3) is 0 Å². The Morgan fingerprint density at radius 3 is 1.91 bits per heavy atom. The summed E-state index contributed by atoms with van der Waals surface area (Å²) < 4.78 is 10.7. The van der Waals surface area contributed by atoms with Crippen molar-refractivity contribution in [2.45, 2.75) is 20.4 Å². The molecule has 2 N–H and O–H groups in total. The van der Waals surface area contributed by atoms with Crippen LogP contribution < -0.4 is 20.1 Å². The van der Waals surface area contributed by atoms with E-state index in [1.807, 2.05) is 50.2 Å². The van der Waals surface area contributed by atoms with Crippen LogP contribution in [0.3, 0.4) is 0 Å². The Morgan fingerprint density at radius 2 is 1.39 bits per heavy atom. The van der Waals surface area contributed by atoms with Gasteiger partial charge in [-0.3, -0.25) is 0 Å². The van der Waals surface area contributed by atoms with Gasteiger partial charge in [0.05, 0.1) is 13.2 Å². The Hall–Kier alpha value is -2.69. The Bertz CT molecular complexity index is 609. The number of nitrogens with one attached hydrogen (secondary N) is 2. The molecule has 2 rings (SSSR count). The molecule has 5 heteroatoms. The second kappa shape index (κ2) is 8.68. The molecule has 0 aliphatic heterocycles. The monoisotopic (exact) mass is 314 g/mol. The van der Waals surface area contributed by atoms with Crippen molar-refractivity contribution < 1.29 is 14.3 Å². The van der Waals surface area contributed by atoms with Gasteiger partial charge >= 0.3 is 6.03 Å². The molecule has 23 heavy (non-hydrogen) atoms. The summed E-state index contributed by atoms with van der Waals surface area (Å²) >= 11 is 0. The van der Waals surface area contributed by atoms with Crippen LogP contribution in [0.4, 0.5) is 10.5 Å².